The molecular formula is C14H10Br2FN3O. The van der Waals surface area contributed by atoms with E-state index in [9.17, 15) is 9.18 Å². The van der Waals surface area contributed by atoms with Crippen LogP contribution in [-0.4, -0.2) is 9.97 Å². The SMILES string of the molecule is O=c1[nH]c2cc(Br)c(NCc3ccc(Br)c(F)c3)cc2[nH]1. The Bertz CT molecular complexity index is 872. The number of hydrogen-bond donors (Lipinski definition) is 3. The van der Waals surface area contributed by atoms with Crippen molar-refractivity contribution in [2.45, 2.75) is 6.54 Å². The van der Waals surface area contributed by atoms with Crippen LogP contribution in [-0.2, 0) is 6.54 Å². The molecule has 3 aromatic rings. The lowest BCUT2D eigenvalue weighted by Crippen LogP contribution is -2.01. The van der Waals surface area contributed by atoms with Crippen molar-refractivity contribution in [1.29, 1.82) is 0 Å². The topological polar surface area (TPSA) is 60.7 Å². The van der Waals surface area contributed by atoms with E-state index < -0.39 is 0 Å². The van der Waals surface area contributed by atoms with Gasteiger partial charge in [-0.1, -0.05) is 6.07 Å². The number of benzene rings is 2. The second kappa shape index (κ2) is 5.65. The van der Waals surface area contributed by atoms with Crippen molar-refractivity contribution in [2.75, 3.05) is 5.32 Å². The fourth-order valence-corrected chi connectivity index (χ4v) is 2.77. The minimum absolute atomic E-state index is 0.246. The summed E-state index contributed by atoms with van der Waals surface area (Å²) in [7, 11) is 0. The van der Waals surface area contributed by atoms with Crippen molar-refractivity contribution >= 4 is 48.6 Å². The van der Waals surface area contributed by atoms with E-state index in [1.54, 1.807) is 6.07 Å². The molecule has 7 heteroatoms. The number of nitrogens with one attached hydrogen (secondary N) is 3. The Balaban J connectivity index is 1.85. The van der Waals surface area contributed by atoms with Crippen LogP contribution < -0.4 is 11.0 Å². The minimum atomic E-state index is -0.293. The molecule has 4 nitrogen and oxygen atoms in total. The number of fused-ring (bicyclic) bond motifs is 1. The minimum Gasteiger partial charge on any atom is -0.380 e. The number of imidazole rings is 1. The van der Waals surface area contributed by atoms with E-state index >= 15 is 0 Å². The maximum Gasteiger partial charge on any atom is 0.323 e. The number of anilines is 1. The van der Waals surface area contributed by atoms with Gasteiger partial charge in [-0.15, -0.1) is 0 Å². The van der Waals surface area contributed by atoms with Gasteiger partial charge < -0.3 is 15.3 Å². The van der Waals surface area contributed by atoms with Crippen LogP contribution in [0.1, 0.15) is 5.56 Å². The summed E-state index contributed by atoms with van der Waals surface area (Å²) in [5.41, 5.74) is 2.84. The molecule has 0 saturated heterocycles. The number of hydrogen-bond acceptors (Lipinski definition) is 2. The average Bonchev–Trinajstić information content (AvgIpc) is 2.79. The van der Waals surface area contributed by atoms with Gasteiger partial charge in [0.25, 0.3) is 0 Å². The predicted octanol–water partition coefficient (Wildman–Crippen LogP) is 4.13. The number of aromatic nitrogens is 2. The number of halogens is 3. The molecule has 0 spiro atoms. The van der Waals surface area contributed by atoms with E-state index in [4.69, 9.17) is 0 Å². The summed E-state index contributed by atoms with van der Waals surface area (Å²) in [6.45, 7) is 0.475. The van der Waals surface area contributed by atoms with Crippen molar-refractivity contribution in [1.82, 2.24) is 9.97 Å². The first-order chi connectivity index (χ1) is 10.0. The van der Waals surface area contributed by atoms with Crippen molar-refractivity contribution < 1.29 is 4.39 Å². The van der Waals surface area contributed by atoms with Crippen LogP contribution in [0.4, 0.5) is 10.1 Å². The van der Waals surface area contributed by atoms with Gasteiger partial charge in [0.15, 0.2) is 0 Å². The highest BCUT2D eigenvalue weighted by molar-refractivity contribution is 9.10. The van der Waals surface area contributed by atoms with Crippen LogP contribution in [0, 0.1) is 5.82 Å². The first-order valence-electron chi connectivity index (χ1n) is 6.12. The molecule has 1 heterocycles. The van der Waals surface area contributed by atoms with E-state index in [1.807, 2.05) is 18.2 Å². The van der Waals surface area contributed by atoms with Gasteiger partial charge in [-0.05, 0) is 61.7 Å². The standard InChI is InChI=1S/C14H10Br2FN3O/c15-8-2-1-7(3-10(8)17)6-18-11-5-13-12(4-9(11)16)19-14(21)20-13/h1-5,18H,6H2,(H2,19,20,21). The third-order valence-corrected chi connectivity index (χ3v) is 4.37. The zero-order chi connectivity index (χ0) is 15.0. The molecule has 0 unspecified atom stereocenters. The molecule has 0 bridgehead atoms. The monoisotopic (exact) mass is 413 g/mol. The molecule has 108 valence electrons. The summed E-state index contributed by atoms with van der Waals surface area (Å²) in [6.07, 6.45) is 0. The highest BCUT2D eigenvalue weighted by Gasteiger charge is 2.06. The molecule has 2 aromatic carbocycles. The molecule has 0 radical (unpaired) electrons. The fraction of sp³-hybridized carbons (Fsp3) is 0.0714. The van der Waals surface area contributed by atoms with Crippen LogP contribution in [0.2, 0.25) is 0 Å². The molecule has 3 rings (SSSR count). The van der Waals surface area contributed by atoms with E-state index in [0.717, 1.165) is 21.2 Å². The predicted molar refractivity (Wildman–Crippen MR) is 88.0 cm³/mol. The molecule has 0 saturated carbocycles. The summed E-state index contributed by atoms with van der Waals surface area (Å²) in [5, 5.41) is 3.21. The summed E-state index contributed by atoms with van der Waals surface area (Å²) >= 11 is 6.57. The quantitative estimate of drug-likeness (QED) is 0.603. The van der Waals surface area contributed by atoms with Gasteiger partial charge in [0.1, 0.15) is 5.82 Å². The van der Waals surface area contributed by atoms with Gasteiger partial charge in [-0.25, -0.2) is 9.18 Å². The number of H-pyrrole nitrogens is 2. The first-order valence-corrected chi connectivity index (χ1v) is 7.71. The summed E-state index contributed by atoms with van der Waals surface area (Å²) in [4.78, 5) is 16.7. The van der Waals surface area contributed by atoms with Gasteiger partial charge in [-0.2, -0.15) is 0 Å². The van der Waals surface area contributed by atoms with E-state index in [2.05, 4.69) is 47.1 Å². The second-order valence-electron chi connectivity index (χ2n) is 4.56. The Kier molecular flexibility index (Phi) is 3.86. The van der Waals surface area contributed by atoms with Crippen LogP contribution >= 0.6 is 31.9 Å². The molecule has 0 fully saturated rings. The smallest absolute Gasteiger partial charge is 0.323 e. The lowest BCUT2D eigenvalue weighted by atomic mass is 10.2. The second-order valence-corrected chi connectivity index (χ2v) is 6.27. The van der Waals surface area contributed by atoms with Gasteiger partial charge in [0.05, 0.1) is 21.2 Å². The van der Waals surface area contributed by atoms with Crippen molar-refractivity contribution in [3.63, 3.8) is 0 Å². The molecule has 1 aromatic heterocycles. The summed E-state index contributed by atoms with van der Waals surface area (Å²) in [5.74, 6) is -0.293. The molecule has 3 N–H and O–H groups in total. The van der Waals surface area contributed by atoms with E-state index in [0.29, 0.717) is 16.5 Å². The summed E-state index contributed by atoms with van der Waals surface area (Å²) in [6, 6.07) is 8.63. The highest BCUT2D eigenvalue weighted by atomic mass is 79.9. The van der Waals surface area contributed by atoms with Crippen molar-refractivity contribution in [2.24, 2.45) is 0 Å². The van der Waals surface area contributed by atoms with Gasteiger partial charge in [0.2, 0.25) is 0 Å². The molecule has 21 heavy (non-hydrogen) atoms. The third-order valence-electron chi connectivity index (χ3n) is 3.07. The molecule has 0 aliphatic carbocycles. The molecular weight excluding hydrogens is 405 g/mol. The maximum atomic E-state index is 13.5. The van der Waals surface area contributed by atoms with Crippen molar-refractivity contribution in [3.05, 3.63) is 61.1 Å². The lowest BCUT2D eigenvalue weighted by Gasteiger charge is -2.09. The largest absolute Gasteiger partial charge is 0.380 e. The number of aromatic amines is 2. The molecule has 0 atom stereocenters. The summed E-state index contributed by atoms with van der Waals surface area (Å²) < 4.78 is 14.7. The Hall–Kier alpha value is -1.60. The normalized spacial score (nSPS) is 11.0. The van der Waals surface area contributed by atoms with Gasteiger partial charge in [-0.3, -0.25) is 0 Å². The van der Waals surface area contributed by atoms with Crippen LogP contribution in [0.15, 0.2) is 44.1 Å². The van der Waals surface area contributed by atoms with E-state index in [-0.39, 0.29) is 11.5 Å². The Labute approximate surface area is 136 Å². The average molecular weight is 415 g/mol. The number of rotatable bonds is 3. The van der Waals surface area contributed by atoms with Gasteiger partial charge in [0, 0.05) is 11.0 Å². The lowest BCUT2D eigenvalue weighted by molar-refractivity contribution is 0.619. The van der Waals surface area contributed by atoms with Crippen LogP contribution in [0.25, 0.3) is 11.0 Å². The van der Waals surface area contributed by atoms with E-state index in [1.165, 1.54) is 6.07 Å². The fourth-order valence-electron chi connectivity index (χ4n) is 2.04. The van der Waals surface area contributed by atoms with Crippen LogP contribution in [0.3, 0.4) is 0 Å². The molecule has 0 aliphatic heterocycles. The zero-order valence-corrected chi connectivity index (χ0v) is 13.8. The Morgan fingerprint density at radius 2 is 1.76 bits per heavy atom. The Morgan fingerprint density at radius 3 is 2.48 bits per heavy atom. The Morgan fingerprint density at radius 1 is 1.05 bits per heavy atom. The van der Waals surface area contributed by atoms with Crippen molar-refractivity contribution in [3.8, 4) is 0 Å². The molecule has 0 aliphatic rings. The molecule has 0 amide bonds. The van der Waals surface area contributed by atoms with Crippen LogP contribution in [0.5, 0.6) is 0 Å². The third kappa shape index (κ3) is 3.03. The maximum absolute atomic E-state index is 13.5. The van der Waals surface area contributed by atoms with Gasteiger partial charge >= 0.3 is 5.69 Å². The zero-order valence-electron chi connectivity index (χ0n) is 10.6. The highest BCUT2D eigenvalue weighted by Crippen LogP contribution is 2.27. The first kappa shape index (κ1) is 14.3.